The van der Waals surface area contributed by atoms with Crippen LogP contribution in [0, 0.1) is 6.67 Å². The van der Waals surface area contributed by atoms with Gasteiger partial charge in [-0.15, -0.1) is 13.2 Å². The van der Waals surface area contributed by atoms with E-state index in [1.54, 1.807) is 0 Å². The van der Waals surface area contributed by atoms with Gasteiger partial charge in [0.2, 0.25) is 6.67 Å². The van der Waals surface area contributed by atoms with Crippen LogP contribution in [-0.2, 0) is 4.74 Å². The van der Waals surface area contributed by atoms with Gasteiger partial charge in [-0.05, 0) is 0 Å². The SMILES string of the molecule is F[CH]C(F)(F)OC(F)(F)F. The summed E-state index contributed by atoms with van der Waals surface area (Å²) in [7, 11) is 0. The number of hydrogen-bond acceptors (Lipinski definition) is 1. The van der Waals surface area contributed by atoms with Gasteiger partial charge in [-0.25, -0.2) is 9.13 Å². The Bertz CT molecular complexity index is 106. The topological polar surface area (TPSA) is 9.23 Å². The van der Waals surface area contributed by atoms with Crippen LogP contribution in [0.2, 0.25) is 0 Å². The van der Waals surface area contributed by atoms with Crippen molar-refractivity contribution in [2.75, 3.05) is 0 Å². The van der Waals surface area contributed by atoms with Gasteiger partial charge in [0, 0.05) is 0 Å². The maximum absolute atomic E-state index is 11.3. The second kappa shape index (κ2) is 2.65. The van der Waals surface area contributed by atoms with Gasteiger partial charge in [-0.2, -0.15) is 8.78 Å². The largest absolute Gasteiger partial charge is 0.527 e. The third-order valence-electron chi connectivity index (χ3n) is 0.379. The lowest BCUT2D eigenvalue weighted by Crippen LogP contribution is -2.28. The number of alkyl halides is 5. The number of rotatable bonds is 2. The van der Waals surface area contributed by atoms with Crippen LogP contribution in [0.4, 0.5) is 26.3 Å². The molecule has 0 aliphatic heterocycles. The van der Waals surface area contributed by atoms with Gasteiger partial charge in [0.1, 0.15) is 0 Å². The molecule has 0 aliphatic rings. The van der Waals surface area contributed by atoms with Crippen molar-refractivity contribution in [2.24, 2.45) is 0 Å². The van der Waals surface area contributed by atoms with Crippen LogP contribution < -0.4 is 0 Å². The lowest BCUT2D eigenvalue weighted by molar-refractivity contribution is -0.417. The maximum Gasteiger partial charge on any atom is 0.527 e. The third-order valence-corrected chi connectivity index (χ3v) is 0.379. The second-order valence-corrected chi connectivity index (χ2v) is 1.22. The van der Waals surface area contributed by atoms with Crippen molar-refractivity contribution < 1.29 is 31.1 Å². The van der Waals surface area contributed by atoms with Gasteiger partial charge in [-0.3, -0.25) is 0 Å². The van der Waals surface area contributed by atoms with E-state index >= 15 is 0 Å². The van der Waals surface area contributed by atoms with Crippen molar-refractivity contribution in [1.29, 1.82) is 0 Å². The van der Waals surface area contributed by atoms with Crippen LogP contribution >= 0.6 is 0 Å². The average Bonchev–Trinajstić information content (AvgIpc) is 1.60. The molecule has 1 nitrogen and oxygen atoms in total. The highest BCUT2D eigenvalue weighted by Crippen LogP contribution is 2.29. The lowest BCUT2D eigenvalue weighted by Gasteiger charge is -2.13. The summed E-state index contributed by atoms with van der Waals surface area (Å²) >= 11 is 0. The Hall–Kier alpha value is -0.460. The standard InChI is InChI=1S/C3HF6O/c4-1-2(5,6)10-3(7,8)9/h1H. The molecule has 0 heterocycles. The molecule has 0 saturated heterocycles. The van der Waals surface area contributed by atoms with Crippen LogP contribution in [0.3, 0.4) is 0 Å². The van der Waals surface area contributed by atoms with Crippen molar-refractivity contribution in [1.82, 2.24) is 0 Å². The van der Waals surface area contributed by atoms with Crippen molar-refractivity contribution in [3.05, 3.63) is 6.67 Å². The summed E-state index contributed by atoms with van der Waals surface area (Å²) in [5, 5.41) is 0. The molecule has 0 aromatic carbocycles. The van der Waals surface area contributed by atoms with Crippen molar-refractivity contribution in [3.63, 3.8) is 0 Å². The predicted molar refractivity (Wildman–Crippen MR) is 17.5 cm³/mol. The Kier molecular flexibility index (Phi) is 2.53. The zero-order chi connectivity index (χ0) is 8.41. The molecule has 0 aromatic rings. The van der Waals surface area contributed by atoms with E-state index in [4.69, 9.17) is 0 Å². The zero-order valence-corrected chi connectivity index (χ0v) is 4.25. The molecule has 7 heteroatoms. The first-order valence-electron chi connectivity index (χ1n) is 1.86. The minimum absolute atomic E-state index is 1.49. The smallest absolute Gasteiger partial charge is 0.234 e. The monoisotopic (exact) mass is 167 g/mol. The fourth-order valence-corrected chi connectivity index (χ4v) is 0.177. The van der Waals surface area contributed by atoms with E-state index in [1.165, 1.54) is 0 Å². The molecule has 0 spiro atoms. The molecule has 0 rings (SSSR count). The summed E-state index contributed by atoms with van der Waals surface area (Å²) in [4.78, 5) is 0. The fraction of sp³-hybridized carbons (Fsp3) is 0.667. The zero-order valence-electron chi connectivity index (χ0n) is 4.25. The Labute approximate surface area is 51.6 Å². The quantitative estimate of drug-likeness (QED) is 0.573. The van der Waals surface area contributed by atoms with E-state index in [1.807, 2.05) is 4.74 Å². The molecule has 0 fully saturated rings. The molecule has 0 aliphatic carbocycles. The van der Waals surface area contributed by atoms with Crippen molar-refractivity contribution in [2.45, 2.75) is 12.5 Å². The molecule has 10 heavy (non-hydrogen) atoms. The van der Waals surface area contributed by atoms with Crippen LogP contribution in [0.5, 0.6) is 0 Å². The predicted octanol–water partition coefficient (Wildman–Crippen LogP) is 2.25. The fourth-order valence-electron chi connectivity index (χ4n) is 0.177. The molecule has 0 amide bonds. The van der Waals surface area contributed by atoms with Crippen LogP contribution in [0.15, 0.2) is 0 Å². The second-order valence-electron chi connectivity index (χ2n) is 1.22. The molecule has 0 N–H and O–H groups in total. The summed E-state index contributed by atoms with van der Waals surface area (Å²) in [6.45, 7) is -1.49. The Morgan fingerprint density at radius 2 is 1.40 bits per heavy atom. The Morgan fingerprint density at radius 1 is 1.00 bits per heavy atom. The molecule has 1 radical (unpaired) electrons. The van der Waals surface area contributed by atoms with Crippen molar-refractivity contribution in [3.8, 4) is 0 Å². The number of ether oxygens (including phenoxy) is 1. The Morgan fingerprint density at radius 3 is 1.50 bits per heavy atom. The minimum atomic E-state index is -5.54. The molecular formula is C3HF6O. The van der Waals surface area contributed by atoms with E-state index in [-0.39, 0.29) is 0 Å². The van der Waals surface area contributed by atoms with E-state index in [2.05, 4.69) is 0 Å². The van der Waals surface area contributed by atoms with E-state index in [0.29, 0.717) is 0 Å². The Balaban J connectivity index is 3.89. The first kappa shape index (κ1) is 9.54. The van der Waals surface area contributed by atoms with Crippen LogP contribution in [-0.4, -0.2) is 12.5 Å². The summed E-state index contributed by atoms with van der Waals surface area (Å²) in [5.74, 6) is 0. The lowest BCUT2D eigenvalue weighted by atomic mass is 10.7. The van der Waals surface area contributed by atoms with Gasteiger partial charge >= 0.3 is 12.5 Å². The number of hydrogen-bond donors (Lipinski definition) is 0. The van der Waals surface area contributed by atoms with Gasteiger partial charge in [0.25, 0.3) is 0 Å². The van der Waals surface area contributed by atoms with E-state index in [0.717, 1.165) is 0 Å². The highest BCUT2D eigenvalue weighted by molar-refractivity contribution is 4.62. The van der Waals surface area contributed by atoms with Gasteiger partial charge in [0.15, 0.2) is 0 Å². The highest BCUT2D eigenvalue weighted by atomic mass is 19.4. The molecule has 61 valence electrons. The molecule has 0 saturated carbocycles. The number of halogens is 6. The average molecular weight is 167 g/mol. The van der Waals surface area contributed by atoms with Crippen LogP contribution in [0.1, 0.15) is 0 Å². The normalized spacial score (nSPS) is 13.8. The molecular weight excluding hydrogens is 166 g/mol. The van der Waals surface area contributed by atoms with Gasteiger partial charge < -0.3 is 0 Å². The highest BCUT2D eigenvalue weighted by Gasteiger charge is 2.45. The van der Waals surface area contributed by atoms with Gasteiger partial charge in [0.05, 0.1) is 0 Å². The molecule has 0 aromatic heterocycles. The minimum Gasteiger partial charge on any atom is -0.234 e. The summed E-state index contributed by atoms with van der Waals surface area (Å²) in [5.41, 5.74) is 0. The van der Waals surface area contributed by atoms with Crippen LogP contribution in [0.25, 0.3) is 0 Å². The van der Waals surface area contributed by atoms with E-state index < -0.39 is 19.1 Å². The molecule has 0 bridgehead atoms. The molecule has 0 unspecified atom stereocenters. The maximum atomic E-state index is 11.3. The molecule has 0 atom stereocenters. The summed E-state index contributed by atoms with van der Waals surface area (Å²) < 4.78 is 67.9. The first-order valence-corrected chi connectivity index (χ1v) is 1.86. The summed E-state index contributed by atoms with van der Waals surface area (Å²) in [6, 6.07) is 0. The third kappa shape index (κ3) is 4.42. The first-order chi connectivity index (χ1) is 4.27. The van der Waals surface area contributed by atoms with Crippen molar-refractivity contribution >= 4 is 0 Å². The summed E-state index contributed by atoms with van der Waals surface area (Å²) in [6.07, 6.45) is -10.4. The van der Waals surface area contributed by atoms with Gasteiger partial charge in [-0.1, -0.05) is 0 Å². The van der Waals surface area contributed by atoms with E-state index in [9.17, 15) is 26.3 Å².